The number of aryl methyl sites for hydroxylation is 2. The van der Waals surface area contributed by atoms with Crippen molar-refractivity contribution in [3.05, 3.63) is 88.7 Å². The Balaban J connectivity index is 1.60. The van der Waals surface area contributed by atoms with E-state index in [0.29, 0.717) is 5.56 Å². The van der Waals surface area contributed by atoms with Gasteiger partial charge in [0.1, 0.15) is 0 Å². The second-order valence-electron chi connectivity index (χ2n) is 6.61. The molecular formula is C22H21N3O. The molecule has 3 aromatic rings. The average Bonchev–Trinajstić information content (AvgIpc) is 3.21. The molecule has 4 heteroatoms. The molecule has 1 aliphatic rings. The van der Waals surface area contributed by atoms with Gasteiger partial charge in [-0.2, -0.15) is 5.10 Å². The summed E-state index contributed by atoms with van der Waals surface area (Å²) in [6.07, 6.45) is 1.84. The van der Waals surface area contributed by atoms with Gasteiger partial charge < -0.3 is 4.57 Å². The van der Waals surface area contributed by atoms with Gasteiger partial charge in [-0.05, 0) is 50.5 Å². The topological polar surface area (TPSA) is 46.4 Å². The predicted molar refractivity (Wildman–Crippen MR) is 104 cm³/mol. The van der Waals surface area contributed by atoms with Crippen molar-refractivity contribution < 1.29 is 4.79 Å². The smallest absolute Gasteiger partial charge is 0.273 e. The Bertz CT molecular complexity index is 999. The lowest BCUT2D eigenvalue weighted by molar-refractivity contribution is 0.0954. The highest BCUT2D eigenvalue weighted by molar-refractivity contribution is 6.05. The van der Waals surface area contributed by atoms with Gasteiger partial charge in [0.25, 0.3) is 5.91 Å². The van der Waals surface area contributed by atoms with Crippen molar-refractivity contribution in [1.29, 1.82) is 0 Å². The molecule has 0 unspecified atom stereocenters. The Kier molecular flexibility index (Phi) is 4.17. The number of nitrogens with one attached hydrogen (secondary N) is 1. The first-order chi connectivity index (χ1) is 12.6. The van der Waals surface area contributed by atoms with E-state index in [9.17, 15) is 4.79 Å². The minimum Gasteiger partial charge on any atom is -0.318 e. The largest absolute Gasteiger partial charge is 0.318 e. The van der Waals surface area contributed by atoms with Crippen molar-refractivity contribution in [1.82, 2.24) is 9.99 Å². The molecule has 130 valence electrons. The third kappa shape index (κ3) is 2.84. The summed E-state index contributed by atoms with van der Waals surface area (Å²) < 4.78 is 2.09. The number of fused-ring (bicyclic) bond motifs is 1. The van der Waals surface area contributed by atoms with Gasteiger partial charge in [-0.25, -0.2) is 5.43 Å². The number of nitrogens with zero attached hydrogens (tertiary/aromatic N) is 2. The van der Waals surface area contributed by atoms with Gasteiger partial charge in [0.05, 0.1) is 11.3 Å². The molecule has 0 radical (unpaired) electrons. The molecule has 0 aliphatic heterocycles. The molecular weight excluding hydrogens is 322 g/mol. The molecule has 1 N–H and O–H groups in total. The molecule has 2 aromatic carbocycles. The summed E-state index contributed by atoms with van der Waals surface area (Å²) in [5.74, 6) is -0.169. The van der Waals surface area contributed by atoms with Crippen LogP contribution in [0, 0.1) is 13.8 Å². The Morgan fingerprint density at radius 1 is 1.00 bits per heavy atom. The molecule has 1 aromatic heterocycles. The van der Waals surface area contributed by atoms with Crippen LogP contribution in [0.2, 0.25) is 0 Å². The van der Waals surface area contributed by atoms with Crippen LogP contribution >= 0.6 is 0 Å². The Morgan fingerprint density at radius 2 is 1.73 bits per heavy atom. The van der Waals surface area contributed by atoms with E-state index in [4.69, 9.17) is 0 Å². The number of hydrogen-bond donors (Lipinski definition) is 1. The van der Waals surface area contributed by atoms with E-state index in [1.54, 1.807) is 0 Å². The van der Waals surface area contributed by atoms with Gasteiger partial charge in [0, 0.05) is 22.6 Å². The standard InChI is InChI=1S/C22H21N3O/c1-15-14-20(16(2)25(15)18-9-4-3-5-10-18)22(26)24-23-21-13-12-17-8-6-7-11-19(17)21/h3-11,14H,12-13H2,1-2H3,(H,24,26). The number of aromatic nitrogens is 1. The molecule has 0 atom stereocenters. The van der Waals surface area contributed by atoms with Crippen LogP contribution in [0.3, 0.4) is 0 Å². The Hall–Kier alpha value is -3.14. The summed E-state index contributed by atoms with van der Waals surface area (Å²) in [6, 6.07) is 20.2. The molecule has 1 amide bonds. The van der Waals surface area contributed by atoms with Crippen molar-refractivity contribution in [3.63, 3.8) is 0 Å². The molecule has 0 saturated heterocycles. The van der Waals surface area contributed by atoms with Crippen LogP contribution in [-0.2, 0) is 6.42 Å². The quantitative estimate of drug-likeness (QED) is 0.713. The fraction of sp³-hybridized carbons (Fsp3) is 0.182. The normalized spacial score (nSPS) is 14.5. The lowest BCUT2D eigenvalue weighted by Crippen LogP contribution is -2.20. The number of rotatable bonds is 3. The predicted octanol–water partition coefficient (Wildman–Crippen LogP) is 4.17. The van der Waals surface area contributed by atoms with Crippen LogP contribution in [0.15, 0.2) is 65.8 Å². The van der Waals surface area contributed by atoms with Crippen molar-refractivity contribution in [2.75, 3.05) is 0 Å². The van der Waals surface area contributed by atoms with Gasteiger partial charge in [0.2, 0.25) is 0 Å². The lowest BCUT2D eigenvalue weighted by atomic mass is 10.1. The van der Waals surface area contributed by atoms with E-state index in [0.717, 1.165) is 41.2 Å². The number of hydrazone groups is 1. The van der Waals surface area contributed by atoms with E-state index in [-0.39, 0.29) is 5.91 Å². The maximum Gasteiger partial charge on any atom is 0.273 e. The zero-order valence-corrected chi connectivity index (χ0v) is 15.0. The average molecular weight is 343 g/mol. The van der Waals surface area contributed by atoms with Crippen LogP contribution in [0.5, 0.6) is 0 Å². The van der Waals surface area contributed by atoms with E-state index >= 15 is 0 Å². The highest BCUT2D eigenvalue weighted by Crippen LogP contribution is 2.23. The molecule has 0 fully saturated rings. The fourth-order valence-corrected chi connectivity index (χ4v) is 3.67. The van der Waals surface area contributed by atoms with Crippen molar-refractivity contribution in [2.45, 2.75) is 26.7 Å². The lowest BCUT2D eigenvalue weighted by Gasteiger charge is -2.09. The zero-order valence-electron chi connectivity index (χ0n) is 15.0. The van der Waals surface area contributed by atoms with Crippen LogP contribution in [-0.4, -0.2) is 16.2 Å². The number of amides is 1. The molecule has 4 rings (SSSR count). The first-order valence-corrected chi connectivity index (χ1v) is 8.84. The van der Waals surface area contributed by atoms with Crippen LogP contribution in [0.4, 0.5) is 0 Å². The highest BCUT2D eigenvalue weighted by Gasteiger charge is 2.19. The van der Waals surface area contributed by atoms with Gasteiger partial charge in [-0.15, -0.1) is 0 Å². The number of carbonyl (C=O) groups excluding carboxylic acids is 1. The summed E-state index contributed by atoms with van der Waals surface area (Å²) in [4.78, 5) is 12.7. The molecule has 1 aliphatic carbocycles. The minimum absolute atomic E-state index is 0.169. The second-order valence-corrected chi connectivity index (χ2v) is 6.61. The summed E-state index contributed by atoms with van der Waals surface area (Å²) in [6.45, 7) is 3.98. The Morgan fingerprint density at radius 3 is 2.54 bits per heavy atom. The minimum atomic E-state index is -0.169. The Labute approximate surface area is 153 Å². The third-order valence-corrected chi connectivity index (χ3v) is 4.94. The summed E-state index contributed by atoms with van der Waals surface area (Å²) >= 11 is 0. The second kappa shape index (κ2) is 6.64. The zero-order chi connectivity index (χ0) is 18.1. The molecule has 1 heterocycles. The number of benzene rings is 2. The van der Waals surface area contributed by atoms with E-state index < -0.39 is 0 Å². The van der Waals surface area contributed by atoms with Gasteiger partial charge >= 0.3 is 0 Å². The van der Waals surface area contributed by atoms with Gasteiger partial charge in [-0.1, -0.05) is 42.5 Å². The summed E-state index contributed by atoms with van der Waals surface area (Å²) in [7, 11) is 0. The molecule has 0 spiro atoms. The SMILES string of the molecule is Cc1cc(C(=O)NN=C2CCc3ccccc32)c(C)n1-c1ccccc1. The van der Waals surface area contributed by atoms with Crippen molar-refractivity contribution in [3.8, 4) is 5.69 Å². The van der Waals surface area contributed by atoms with Crippen molar-refractivity contribution >= 4 is 11.6 Å². The number of hydrogen-bond acceptors (Lipinski definition) is 2. The van der Waals surface area contributed by atoms with E-state index in [1.807, 2.05) is 62.4 Å². The highest BCUT2D eigenvalue weighted by atomic mass is 16.2. The number of carbonyl (C=O) groups is 1. The van der Waals surface area contributed by atoms with E-state index in [1.165, 1.54) is 5.56 Å². The third-order valence-electron chi connectivity index (χ3n) is 4.94. The molecule has 26 heavy (non-hydrogen) atoms. The summed E-state index contributed by atoms with van der Waals surface area (Å²) in [5, 5.41) is 4.40. The molecule has 0 bridgehead atoms. The number of para-hydroxylation sites is 1. The van der Waals surface area contributed by atoms with E-state index in [2.05, 4.69) is 27.2 Å². The van der Waals surface area contributed by atoms with Crippen LogP contribution in [0.25, 0.3) is 5.69 Å². The summed E-state index contributed by atoms with van der Waals surface area (Å²) in [5.41, 5.74) is 9.78. The molecule has 4 nitrogen and oxygen atoms in total. The molecule has 0 saturated carbocycles. The van der Waals surface area contributed by atoms with Crippen LogP contribution in [0.1, 0.15) is 39.3 Å². The van der Waals surface area contributed by atoms with Gasteiger partial charge in [0.15, 0.2) is 0 Å². The first-order valence-electron chi connectivity index (χ1n) is 8.84. The first kappa shape index (κ1) is 16.3. The maximum absolute atomic E-state index is 12.7. The fourth-order valence-electron chi connectivity index (χ4n) is 3.67. The monoisotopic (exact) mass is 343 g/mol. The van der Waals surface area contributed by atoms with Gasteiger partial charge in [-0.3, -0.25) is 4.79 Å². The van der Waals surface area contributed by atoms with Crippen LogP contribution < -0.4 is 5.43 Å². The maximum atomic E-state index is 12.7. The van der Waals surface area contributed by atoms with Crippen molar-refractivity contribution in [2.24, 2.45) is 5.10 Å².